The molecule has 7 nitrogen and oxygen atoms in total. The molecule has 2 atom stereocenters. The van der Waals surface area contributed by atoms with E-state index in [0.717, 1.165) is 11.3 Å². The Kier molecular flexibility index (Phi) is 6.88. The molecule has 1 fully saturated rings. The number of amides is 1. The van der Waals surface area contributed by atoms with Gasteiger partial charge in [-0.3, -0.25) is 9.78 Å². The Morgan fingerprint density at radius 3 is 2.62 bits per heavy atom. The smallest absolute Gasteiger partial charge is 0.226 e. The van der Waals surface area contributed by atoms with E-state index < -0.39 is 0 Å². The zero-order valence-corrected chi connectivity index (χ0v) is 20.8. The lowest BCUT2D eigenvalue weighted by Gasteiger charge is -2.27. The van der Waals surface area contributed by atoms with Crippen molar-refractivity contribution >= 4 is 28.9 Å². The predicted molar refractivity (Wildman–Crippen MR) is 138 cm³/mol. The number of aromatic nitrogens is 2. The minimum Gasteiger partial charge on any atom is -0.495 e. The lowest BCUT2D eigenvalue weighted by atomic mass is 9.99. The van der Waals surface area contributed by atoms with Crippen molar-refractivity contribution < 1.29 is 9.53 Å². The van der Waals surface area contributed by atoms with Crippen LogP contribution in [0.4, 0.5) is 5.69 Å². The summed E-state index contributed by atoms with van der Waals surface area (Å²) in [5.74, 6) is 0.533. The second kappa shape index (κ2) is 9.85. The number of ether oxygens (including phenoxy) is 1. The van der Waals surface area contributed by atoms with Crippen LogP contribution in [0, 0.1) is 0 Å². The lowest BCUT2D eigenvalue weighted by molar-refractivity contribution is -0.116. The Labute approximate surface area is 206 Å². The van der Waals surface area contributed by atoms with Crippen LogP contribution < -0.4 is 15.4 Å². The van der Waals surface area contributed by atoms with Gasteiger partial charge >= 0.3 is 0 Å². The fourth-order valence-corrected chi connectivity index (χ4v) is 4.53. The maximum absolute atomic E-state index is 12.8. The summed E-state index contributed by atoms with van der Waals surface area (Å²) in [4.78, 5) is 19.5. The number of nitrogens with zero attached hydrogens (tertiary/aromatic N) is 3. The van der Waals surface area contributed by atoms with Crippen molar-refractivity contribution in [1.82, 2.24) is 19.8 Å². The summed E-state index contributed by atoms with van der Waals surface area (Å²) in [6.45, 7) is 6.99. The van der Waals surface area contributed by atoms with E-state index in [-0.39, 0.29) is 30.0 Å². The van der Waals surface area contributed by atoms with Gasteiger partial charge in [-0.1, -0.05) is 18.2 Å². The zero-order valence-electron chi connectivity index (χ0n) is 20.0. The van der Waals surface area contributed by atoms with Crippen molar-refractivity contribution in [3.05, 3.63) is 78.4 Å². The molecule has 0 spiro atoms. The van der Waals surface area contributed by atoms with Crippen molar-refractivity contribution in [2.75, 3.05) is 19.0 Å². The summed E-state index contributed by atoms with van der Waals surface area (Å²) in [7, 11) is 1.59. The first-order valence-electron chi connectivity index (χ1n) is 11.4. The SMILES string of the molecule is COc1ccccc1NC(=O)CCN1C(=S)N[C@H](c2ccccn2)[C@H]1c1ccn(C(C)(C)C)c1. The Hall–Kier alpha value is -3.39. The molecule has 8 heteroatoms. The zero-order chi connectivity index (χ0) is 24.3. The molecule has 2 N–H and O–H groups in total. The molecule has 0 unspecified atom stereocenters. The minimum atomic E-state index is -0.109. The number of nitrogens with one attached hydrogen (secondary N) is 2. The minimum absolute atomic E-state index is 0.0370. The predicted octanol–water partition coefficient (Wildman–Crippen LogP) is 4.65. The van der Waals surface area contributed by atoms with E-state index in [1.165, 1.54) is 0 Å². The van der Waals surface area contributed by atoms with Gasteiger partial charge in [0, 0.05) is 37.1 Å². The Morgan fingerprint density at radius 2 is 1.94 bits per heavy atom. The molecule has 2 aromatic heterocycles. The molecular formula is C26H31N5O2S. The number of hydrogen-bond acceptors (Lipinski definition) is 4. The number of pyridine rings is 1. The number of hydrogen-bond donors (Lipinski definition) is 2. The Morgan fingerprint density at radius 1 is 1.18 bits per heavy atom. The summed E-state index contributed by atoms with van der Waals surface area (Å²) < 4.78 is 7.54. The van der Waals surface area contributed by atoms with Crippen LogP contribution in [-0.2, 0) is 10.3 Å². The summed E-state index contributed by atoms with van der Waals surface area (Å²) in [6, 6.07) is 15.2. The normalized spacial score (nSPS) is 18.0. The first kappa shape index (κ1) is 23.8. The molecule has 1 amide bonds. The van der Waals surface area contributed by atoms with Gasteiger partial charge in [-0.25, -0.2) is 0 Å². The van der Waals surface area contributed by atoms with E-state index in [1.54, 1.807) is 13.3 Å². The quantitative estimate of drug-likeness (QED) is 0.483. The molecule has 0 aliphatic carbocycles. The summed E-state index contributed by atoms with van der Waals surface area (Å²) >= 11 is 5.72. The van der Waals surface area contributed by atoms with Crippen LogP contribution in [-0.4, -0.2) is 39.1 Å². The second-order valence-electron chi connectivity index (χ2n) is 9.34. The third-order valence-corrected chi connectivity index (χ3v) is 6.34. The average molecular weight is 478 g/mol. The first-order chi connectivity index (χ1) is 16.3. The largest absolute Gasteiger partial charge is 0.495 e. The van der Waals surface area contributed by atoms with Crippen LogP contribution in [0.25, 0.3) is 0 Å². The first-order valence-corrected chi connectivity index (χ1v) is 11.8. The van der Waals surface area contributed by atoms with E-state index in [9.17, 15) is 4.79 Å². The highest BCUT2D eigenvalue weighted by atomic mass is 32.1. The molecule has 4 rings (SSSR count). The summed E-state index contributed by atoms with van der Waals surface area (Å²) in [6.07, 6.45) is 6.34. The van der Waals surface area contributed by atoms with E-state index in [2.05, 4.69) is 64.3 Å². The van der Waals surface area contributed by atoms with E-state index in [1.807, 2.05) is 42.5 Å². The number of thiocarbonyl (C=S) groups is 1. The molecule has 1 aromatic carbocycles. The Balaban J connectivity index is 1.56. The number of carbonyl (C=O) groups is 1. The second-order valence-corrected chi connectivity index (χ2v) is 9.73. The van der Waals surface area contributed by atoms with Gasteiger partial charge < -0.3 is 24.8 Å². The van der Waals surface area contributed by atoms with Crippen LogP contribution in [0.15, 0.2) is 67.1 Å². The molecule has 1 aliphatic heterocycles. The van der Waals surface area contributed by atoms with Crippen LogP contribution in [0.3, 0.4) is 0 Å². The number of anilines is 1. The average Bonchev–Trinajstić information content (AvgIpc) is 3.43. The van der Waals surface area contributed by atoms with E-state index in [0.29, 0.717) is 23.1 Å². The fourth-order valence-electron chi connectivity index (χ4n) is 4.20. The van der Waals surface area contributed by atoms with Gasteiger partial charge in [0.1, 0.15) is 5.75 Å². The third-order valence-electron chi connectivity index (χ3n) is 5.99. The number of rotatable bonds is 7. The van der Waals surface area contributed by atoms with Crippen molar-refractivity contribution in [2.24, 2.45) is 0 Å². The summed E-state index contributed by atoms with van der Waals surface area (Å²) in [5.41, 5.74) is 2.66. The standard InChI is InChI=1S/C26H31N5O2S/c1-26(2,3)30-15-12-18(17-30)24-23(20-10-7-8-14-27-20)29-25(34)31(24)16-13-22(32)28-19-9-5-6-11-21(19)33-4/h5-12,14-15,17,23-24H,13,16H2,1-4H3,(H,28,32)(H,29,34)/t23-,24-/m1/s1. The number of carbonyl (C=O) groups excluding carboxylic acids is 1. The monoisotopic (exact) mass is 477 g/mol. The van der Waals surface area contributed by atoms with E-state index >= 15 is 0 Å². The van der Waals surface area contributed by atoms with Gasteiger partial charge in [-0.05, 0) is 68.9 Å². The molecule has 178 valence electrons. The molecule has 1 saturated heterocycles. The van der Waals surface area contributed by atoms with Gasteiger partial charge in [0.05, 0.1) is 30.6 Å². The molecule has 34 heavy (non-hydrogen) atoms. The van der Waals surface area contributed by atoms with Gasteiger partial charge in [0.15, 0.2) is 5.11 Å². The van der Waals surface area contributed by atoms with Crippen LogP contribution in [0.2, 0.25) is 0 Å². The van der Waals surface area contributed by atoms with Gasteiger partial charge in [-0.2, -0.15) is 0 Å². The topological polar surface area (TPSA) is 71.4 Å². The molecular weight excluding hydrogens is 446 g/mol. The highest BCUT2D eigenvalue weighted by Crippen LogP contribution is 2.39. The molecule has 0 saturated carbocycles. The third kappa shape index (κ3) is 5.07. The van der Waals surface area contributed by atoms with Crippen molar-refractivity contribution in [1.29, 1.82) is 0 Å². The Bertz CT molecular complexity index is 1160. The van der Waals surface area contributed by atoms with Crippen LogP contribution in [0.1, 0.15) is 50.5 Å². The molecule has 3 heterocycles. The number of para-hydroxylation sites is 2. The molecule has 0 bridgehead atoms. The lowest BCUT2D eigenvalue weighted by Crippen LogP contribution is -2.32. The molecule has 1 aliphatic rings. The van der Waals surface area contributed by atoms with Crippen molar-refractivity contribution in [2.45, 2.75) is 44.8 Å². The molecule has 0 radical (unpaired) electrons. The van der Waals surface area contributed by atoms with Gasteiger partial charge in [0.2, 0.25) is 5.91 Å². The van der Waals surface area contributed by atoms with Crippen molar-refractivity contribution in [3.8, 4) is 5.75 Å². The highest BCUT2D eigenvalue weighted by molar-refractivity contribution is 7.80. The van der Waals surface area contributed by atoms with Gasteiger partial charge in [0.25, 0.3) is 0 Å². The number of methoxy groups -OCH3 is 1. The maximum Gasteiger partial charge on any atom is 0.226 e. The van der Waals surface area contributed by atoms with Crippen LogP contribution in [0.5, 0.6) is 5.75 Å². The van der Waals surface area contributed by atoms with Crippen LogP contribution >= 0.6 is 12.2 Å². The molecule has 3 aromatic rings. The summed E-state index contributed by atoms with van der Waals surface area (Å²) in [5, 5.41) is 7.01. The maximum atomic E-state index is 12.8. The number of benzene rings is 1. The highest BCUT2D eigenvalue weighted by Gasteiger charge is 2.40. The van der Waals surface area contributed by atoms with Crippen molar-refractivity contribution in [3.63, 3.8) is 0 Å². The van der Waals surface area contributed by atoms with Gasteiger partial charge in [-0.15, -0.1) is 0 Å². The van der Waals surface area contributed by atoms with E-state index in [4.69, 9.17) is 17.0 Å². The fraction of sp³-hybridized carbons (Fsp3) is 0.346.